The van der Waals surface area contributed by atoms with Crippen LogP contribution in [-0.2, 0) is 6.42 Å². The minimum Gasteiger partial charge on any atom is -0.207 e. The smallest absolute Gasteiger partial charge is 0.137 e. The Morgan fingerprint density at radius 1 is 1.00 bits per heavy atom. The highest BCUT2D eigenvalue weighted by Gasteiger charge is 2.35. The Morgan fingerprint density at radius 2 is 1.81 bits per heavy atom. The standard InChI is InChI=1S/C29H38F2/c1-3-5-7-8-20-10-11-22-17-23(13-12-21(22)16-20)24-14-15-26-25(18-24)19-28(30)27(29(26)31)9-6-4-2/h4,14-15,18-23H,2-3,5-13,16-17H2,1H3. The van der Waals surface area contributed by atoms with Gasteiger partial charge in [0.25, 0.3) is 0 Å². The molecule has 2 aromatic carbocycles. The molecule has 2 aliphatic carbocycles. The molecule has 168 valence electrons. The van der Waals surface area contributed by atoms with Crippen LogP contribution in [0.4, 0.5) is 8.78 Å². The molecule has 0 radical (unpaired) electrons. The third kappa shape index (κ3) is 5.04. The second kappa shape index (κ2) is 10.3. The first-order chi connectivity index (χ1) is 15.1. The van der Waals surface area contributed by atoms with E-state index in [1.54, 1.807) is 6.08 Å². The molecular formula is C29H38F2. The highest BCUT2D eigenvalue weighted by atomic mass is 19.1. The second-order valence-electron chi connectivity index (χ2n) is 10.2. The summed E-state index contributed by atoms with van der Waals surface area (Å²) in [5.74, 6) is 2.41. The van der Waals surface area contributed by atoms with Crippen LogP contribution in [0.2, 0.25) is 0 Å². The quantitative estimate of drug-likeness (QED) is 0.293. The lowest BCUT2D eigenvalue weighted by atomic mass is 9.63. The van der Waals surface area contributed by atoms with Crippen molar-refractivity contribution >= 4 is 10.8 Å². The van der Waals surface area contributed by atoms with Crippen molar-refractivity contribution in [1.82, 2.24) is 0 Å². The van der Waals surface area contributed by atoms with E-state index in [0.29, 0.717) is 29.5 Å². The van der Waals surface area contributed by atoms with Crippen LogP contribution in [0.15, 0.2) is 36.9 Å². The summed E-state index contributed by atoms with van der Waals surface area (Å²) in [7, 11) is 0. The minimum atomic E-state index is -0.422. The number of fused-ring (bicyclic) bond motifs is 2. The van der Waals surface area contributed by atoms with Gasteiger partial charge in [-0.3, -0.25) is 0 Å². The summed E-state index contributed by atoms with van der Waals surface area (Å²) in [6.07, 6.45) is 16.2. The Morgan fingerprint density at radius 3 is 2.61 bits per heavy atom. The second-order valence-corrected chi connectivity index (χ2v) is 10.2. The molecule has 0 nitrogen and oxygen atoms in total. The van der Waals surface area contributed by atoms with E-state index in [1.165, 1.54) is 75.8 Å². The molecule has 0 bridgehead atoms. The van der Waals surface area contributed by atoms with Crippen molar-refractivity contribution in [1.29, 1.82) is 0 Å². The van der Waals surface area contributed by atoms with E-state index in [1.807, 2.05) is 6.07 Å². The Hall–Kier alpha value is -1.70. The number of hydrogen-bond donors (Lipinski definition) is 0. The van der Waals surface area contributed by atoms with Crippen LogP contribution in [0.1, 0.15) is 94.6 Å². The van der Waals surface area contributed by atoms with Crippen LogP contribution in [-0.4, -0.2) is 0 Å². The minimum absolute atomic E-state index is 0.191. The molecule has 0 saturated heterocycles. The first-order valence-electron chi connectivity index (χ1n) is 12.6. The van der Waals surface area contributed by atoms with Gasteiger partial charge in [-0.25, -0.2) is 8.78 Å². The number of unbranched alkanes of at least 4 members (excludes halogenated alkanes) is 2. The topological polar surface area (TPSA) is 0 Å². The van der Waals surface area contributed by atoms with Gasteiger partial charge < -0.3 is 0 Å². The molecule has 2 saturated carbocycles. The Labute approximate surface area is 187 Å². The normalized spacial score (nSPS) is 26.0. The van der Waals surface area contributed by atoms with Gasteiger partial charge in [-0.2, -0.15) is 0 Å². The summed E-state index contributed by atoms with van der Waals surface area (Å²) >= 11 is 0. The molecule has 0 amide bonds. The first kappa shape index (κ1) is 22.5. The van der Waals surface area contributed by atoms with Gasteiger partial charge in [0.15, 0.2) is 0 Å². The third-order valence-corrected chi connectivity index (χ3v) is 8.15. The van der Waals surface area contributed by atoms with E-state index in [2.05, 4.69) is 25.6 Å². The lowest BCUT2D eigenvalue weighted by molar-refractivity contribution is 0.113. The number of hydrogen-bond acceptors (Lipinski definition) is 0. The largest absolute Gasteiger partial charge is 0.207 e. The Kier molecular flexibility index (Phi) is 7.46. The third-order valence-electron chi connectivity index (χ3n) is 8.15. The number of halogens is 2. The first-order valence-corrected chi connectivity index (χ1v) is 12.6. The monoisotopic (exact) mass is 424 g/mol. The summed E-state index contributed by atoms with van der Waals surface area (Å²) < 4.78 is 29.5. The van der Waals surface area contributed by atoms with Crippen LogP contribution in [0.3, 0.4) is 0 Å². The molecule has 0 heterocycles. The number of benzene rings is 2. The molecule has 2 fully saturated rings. The van der Waals surface area contributed by atoms with Crippen LogP contribution in [0.5, 0.6) is 0 Å². The molecule has 31 heavy (non-hydrogen) atoms. The van der Waals surface area contributed by atoms with Gasteiger partial charge in [0.05, 0.1) is 0 Å². The molecular weight excluding hydrogens is 386 g/mol. The van der Waals surface area contributed by atoms with Crippen molar-refractivity contribution in [2.75, 3.05) is 0 Å². The predicted octanol–water partition coefficient (Wildman–Crippen LogP) is 9.12. The van der Waals surface area contributed by atoms with Gasteiger partial charge in [-0.1, -0.05) is 63.3 Å². The zero-order valence-electron chi connectivity index (χ0n) is 19.1. The van der Waals surface area contributed by atoms with Crippen molar-refractivity contribution in [2.45, 2.75) is 89.9 Å². The average Bonchev–Trinajstić information content (AvgIpc) is 2.78. The SMILES string of the molecule is C=CCCc1c(F)cc2cc(C3CCC4CC(CCCCC)CCC4C3)ccc2c1F. The molecule has 4 atom stereocenters. The molecule has 2 heteroatoms. The maximum Gasteiger partial charge on any atom is 0.137 e. The molecule has 0 aromatic heterocycles. The van der Waals surface area contributed by atoms with Gasteiger partial charge in [-0.15, -0.1) is 6.58 Å². The van der Waals surface area contributed by atoms with E-state index in [4.69, 9.17) is 0 Å². The summed E-state index contributed by atoms with van der Waals surface area (Å²) in [6.45, 7) is 5.95. The molecule has 4 rings (SSSR count). The van der Waals surface area contributed by atoms with Crippen LogP contribution >= 0.6 is 0 Å². The van der Waals surface area contributed by atoms with Crippen LogP contribution in [0.25, 0.3) is 10.8 Å². The molecule has 0 N–H and O–H groups in total. The molecule has 0 aliphatic heterocycles. The summed E-state index contributed by atoms with van der Waals surface area (Å²) in [5.41, 5.74) is 1.46. The Balaban J connectivity index is 1.45. The van der Waals surface area contributed by atoms with Crippen molar-refractivity contribution < 1.29 is 8.78 Å². The number of rotatable bonds is 8. The number of allylic oxidation sites excluding steroid dienone is 1. The lowest BCUT2D eigenvalue weighted by Gasteiger charge is -2.42. The molecule has 2 aromatic rings. The van der Waals surface area contributed by atoms with Crippen molar-refractivity contribution in [2.24, 2.45) is 17.8 Å². The van der Waals surface area contributed by atoms with Crippen LogP contribution in [0, 0.1) is 29.4 Å². The van der Waals surface area contributed by atoms with Gasteiger partial charge in [-0.05, 0) is 85.6 Å². The highest BCUT2D eigenvalue weighted by Crippen LogP contribution is 2.48. The van der Waals surface area contributed by atoms with Crippen molar-refractivity contribution in [3.8, 4) is 0 Å². The summed E-state index contributed by atoms with van der Waals surface area (Å²) in [4.78, 5) is 0. The fourth-order valence-corrected chi connectivity index (χ4v) is 6.36. The van der Waals surface area contributed by atoms with E-state index >= 15 is 0 Å². The maximum absolute atomic E-state index is 14.9. The van der Waals surface area contributed by atoms with Gasteiger partial charge in [0.2, 0.25) is 0 Å². The maximum atomic E-state index is 14.9. The predicted molar refractivity (Wildman–Crippen MR) is 127 cm³/mol. The molecule has 4 unspecified atom stereocenters. The fraction of sp³-hybridized carbons (Fsp3) is 0.586. The van der Waals surface area contributed by atoms with Gasteiger partial charge in [0, 0.05) is 10.9 Å². The van der Waals surface area contributed by atoms with Gasteiger partial charge >= 0.3 is 0 Å². The van der Waals surface area contributed by atoms with E-state index < -0.39 is 11.6 Å². The summed E-state index contributed by atoms with van der Waals surface area (Å²) in [6, 6.07) is 7.57. The van der Waals surface area contributed by atoms with Gasteiger partial charge in [0.1, 0.15) is 11.6 Å². The lowest BCUT2D eigenvalue weighted by Crippen LogP contribution is -2.30. The van der Waals surface area contributed by atoms with E-state index in [0.717, 1.165) is 17.8 Å². The van der Waals surface area contributed by atoms with Crippen molar-refractivity contribution in [3.05, 3.63) is 59.7 Å². The van der Waals surface area contributed by atoms with E-state index in [-0.39, 0.29) is 5.56 Å². The highest BCUT2D eigenvalue weighted by molar-refractivity contribution is 5.85. The van der Waals surface area contributed by atoms with Crippen LogP contribution < -0.4 is 0 Å². The summed E-state index contributed by atoms with van der Waals surface area (Å²) in [5, 5.41) is 1.25. The Bertz CT molecular complexity index is 899. The zero-order valence-corrected chi connectivity index (χ0v) is 19.1. The fourth-order valence-electron chi connectivity index (χ4n) is 6.36. The van der Waals surface area contributed by atoms with Crippen molar-refractivity contribution in [3.63, 3.8) is 0 Å². The zero-order chi connectivity index (χ0) is 21.8. The molecule has 2 aliphatic rings. The van der Waals surface area contributed by atoms with E-state index in [9.17, 15) is 8.78 Å². The average molecular weight is 425 g/mol. The molecule has 0 spiro atoms.